The van der Waals surface area contributed by atoms with Crippen LogP contribution >= 0.6 is 11.3 Å². The van der Waals surface area contributed by atoms with E-state index in [0.29, 0.717) is 0 Å². The molecule has 0 aliphatic rings. The molecule has 0 bridgehead atoms. The van der Waals surface area contributed by atoms with Gasteiger partial charge < -0.3 is 5.32 Å². The summed E-state index contributed by atoms with van der Waals surface area (Å²) in [5.74, 6) is 0.949. The SMILES string of the molecule is CCc1nn(C)cc1CNc1nccc2sccc12. The van der Waals surface area contributed by atoms with Gasteiger partial charge in [0, 0.05) is 41.6 Å². The summed E-state index contributed by atoms with van der Waals surface area (Å²) in [5.41, 5.74) is 2.38. The van der Waals surface area contributed by atoms with Crippen molar-refractivity contribution in [1.29, 1.82) is 0 Å². The molecule has 0 spiro atoms. The van der Waals surface area contributed by atoms with Crippen LogP contribution in [0.25, 0.3) is 10.1 Å². The van der Waals surface area contributed by atoms with E-state index >= 15 is 0 Å². The van der Waals surface area contributed by atoms with Gasteiger partial charge >= 0.3 is 0 Å². The van der Waals surface area contributed by atoms with Crippen molar-refractivity contribution in [2.24, 2.45) is 7.05 Å². The fourth-order valence-electron chi connectivity index (χ4n) is 2.24. The average molecular weight is 272 g/mol. The molecule has 0 unspecified atom stereocenters. The standard InChI is InChI=1S/C14H16N4S/c1-3-12-10(9-18(2)17-12)8-16-14-11-5-7-19-13(11)4-6-15-14/h4-7,9H,3,8H2,1-2H3,(H,15,16). The maximum atomic E-state index is 4.45. The number of fused-ring (bicyclic) bond motifs is 1. The van der Waals surface area contributed by atoms with Crippen molar-refractivity contribution < 1.29 is 0 Å². The molecule has 3 aromatic heterocycles. The van der Waals surface area contributed by atoms with Crippen molar-refractivity contribution in [2.45, 2.75) is 19.9 Å². The quantitative estimate of drug-likeness (QED) is 0.793. The number of aryl methyl sites for hydroxylation is 2. The highest BCUT2D eigenvalue weighted by Crippen LogP contribution is 2.26. The van der Waals surface area contributed by atoms with E-state index < -0.39 is 0 Å². The highest BCUT2D eigenvalue weighted by molar-refractivity contribution is 7.17. The molecular formula is C14H16N4S. The zero-order chi connectivity index (χ0) is 13.2. The molecule has 0 radical (unpaired) electrons. The summed E-state index contributed by atoms with van der Waals surface area (Å²) in [4.78, 5) is 4.42. The van der Waals surface area contributed by atoms with Gasteiger partial charge in [0.05, 0.1) is 5.69 Å². The largest absolute Gasteiger partial charge is 0.365 e. The fourth-order valence-corrected chi connectivity index (χ4v) is 3.03. The van der Waals surface area contributed by atoms with Crippen molar-refractivity contribution >= 4 is 27.2 Å². The Bertz CT molecular complexity index is 698. The van der Waals surface area contributed by atoms with Gasteiger partial charge in [0.15, 0.2) is 0 Å². The number of hydrogen-bond donors (Lipinski definition) is 1. The number of hydrogen-bond acceptors (Lipinski definition) is 4. The third kappa shape index (κ3) is 2.33. The van der Waals surface area contributed by atoms with Crippen molar-refractivity contribution in [3.8, 4) is 0 Å². The average Bonchev–Trinajstić information content (AvgIpc) is 3.02. The highest BCUT2D eigenvalue weighted by Gasteiger charge is 2.07. The summed E-state index contributed by atoms with van der Waals surface area (Å²) in [6, 6.07) is 4.16. The number of nitrogens with one attached hydrogen (secondary N) is 1. The summed E-state index contributed by atoms with van der Waals surface area (Å²) < 4.78 is 3.13. The Morgan fingerprint density at radius 2 is 2.26 bits per heavy atom. The van der Waals surface area contributed by atoms with Crippen LogP contribution in [0.4, 0.5) is 5.82 Å². The molecule has 98 valence electrons. The minimum Gasteiger partial charge on any atom is -0.365 e. The first kappa shape index (κ1) is 12.2. The molecule has 0 saturated heterocycles. The van der Waals surface area contributed by atoms with Crippen LogP contribution in [0, 0.1) is 0 Å². The van der Waals surface area contributed by atoms with Crippen LogP contribution in [0.15, 0.2) is 29.9 Å². The summed E-state index contributed by atoms with van der Waals surface area (Å²) in [5, 5.41) is 11.2. The van der Waals surface area contributed by atoms with Crippen molar-refractivity contribution in [3.63, 3.8) is 0 Å². The molecule has 4 nitrogen and oxygen atoms in total. The minimum absolute atomic E-state index is 0.763. The van der Waals surface area contributed by atoms with Crippen LogP contribution in [-0.2, 0) is 20.0 Å². The van der Waals surface area contributed by atoms with E-state index in [1.54, 1.807) is 11.3 Å². The summed E-state index contributed by atoms with van der Waals surface area (Å²) in [6.45, 7) is 2.89. The van der Waals surface area contributed by atoms with E-state index in [1.807, 2.05) is 24.0 Å². The van der Waals surface area contributed by atoms with Gasteiger partial charge in [-0.05, 0) is 23.9 Å². The van der Waals surface area contributed by atoms with Crippen LogP contribution in [-0.4, -0.2) is 14.8 Å². The summed E-state index contributed by atoms with van der Waals surface area (Å²) in [7, 11) is 1.96. The summed E-state index contributed by atoms with van der Waals surface area (Å²) >= 11 is 1.74. The molecule has 0 aliphatic carbocycles. The monoisotopic (exact) mass is 272 g/mol. The maximum Gasteiger partial charge on any atom is 0.134 e. The molecule has 0 atom stereocenters. The van der Waals surface area contributed by atoms with E-state index in [2.05, 4.69) is 40.0 Å². The lowest BCUT2D eigenvalue weighted by Gasteiger charge is -2.06. The molecule has 3 aromatic rings. The van der Waals surface area contributed by atoms with E-state index in [4.69, 9.17) is 0 Å². The van der Waals surface area contributed by atoms with Crippen molar-refractivity contribution in [1.82, 2.24) is 14.8 Å². The molecule has 1 N–H and O–H groups in total. The molecule has 3 heterocycles. The van der Waals surface area contributed by atoms with Crippen LogP contribution < -0.4 is 5.32 Å². The third-order valence-corrected chi connectivity index (χ3v) is 4.03. The highest BCUT2D eigenvalue weighted by atomic mass is 32.1. The number of aromatic nitrogens is 3. The van der Waals surface area contributed by atoms with Crippen LogP contribution in [0.1, 0.15) is 18.2 Å². The number of thiophene rings is 1. The second-order valence-electron chi connectivity index (χ2n) is 4.47. The van der Waals surface area contributed by atoms with Gasteiger partial charge in [-0.25, -0.2) is 4.98 Å². The molecule has 0 saturated carbocycles. The lowest BCUT2D eigenvalue weighted by Crippen LogP contribution is -2.02. The first-order chi connectivity index (χ1) is 9.28. The Labute approximate surface area is 116 Å². The molecule has 0 aromatic carbocycles. The van der Waals surface area contributed by atoms with Crippen molar-refractivity contribution in [2.75, 3.05) is 5.32 Å². The molecule has 0 amide bonds. The Balaban J connectivity index is 1.84. The molecule has 19 heavy (non-hydrogen) atoms. The van der Waals surface area contributed by atoms with E-state index in [0.717, 1.165) is 24.5 Å². The lowest BCUT2D eigenvalue weighted by atomic mass is 10.2. The zero-order valence-corrected chi connectivity index (χ0v) is 11.9. The van der Waals surface area contributed by atoms with Gasteiger partial charge in [-0.3, -0.25) is 4.68 Å². The molecular weight excluding hydrogens is 256 g/mol. The van der Waals surface area contributed by atoms with E-state index in [9.17, 15) is 0 Å². The maximum absolute atomic E-state index is 4.45. The number of nitrogens with zero attached hydrogens (tertiary/aromatic N) is 3. The second kappa shape index (κ2) is 5.01. The Morgan fingerprint density at radius 3 is 3.11 bits per heavy atom. The van der Waals surface area contributed by atoms with Gasteiger partial charge in [0.1, 0.15) is 5.82 Å². The van der Waals surface area contributed by atoms with E-state index in [-0.39, 0.29) is 0 Å². The molecule has 5 heteroatoms. The first-order valence-corrected chi connectivity index (χ1v) is 7.23. The zero-order valence-electron chi connectivity index (χ0n) is 11.1. The smallest absolute Gasteiger partial charge is 0.134 e. The number of pyridine rings is 1. The fraction of sp³-hybridized carbons (Fsp3) is 0.286. The van der Waals surface area contributed by atoms with Crippen LogP contribution in [0.3, 0.4) is 0 Å². The predicted molar refractivity (Wildman–Crippen MR) is 79.5 cm³/mol. The third-order valence-electron chi connectivity index (χ3n) is 3.15. The van der Waals surface area contributed by atoms with Gasteiger partial charge in [0.2, 0.25) is 0 Å². The molecule has 0 aliphatic heterocycles. The van der Waals surface area contributed by atoms with E-state index in [1.165, 1.54) is 15.6 Å². The van der Waals surface area contributed by atoms with Gasteiger partial charge in [-0.2, -0.15) is 5.10 Å². The second-order valence-corrected chi connectivity index (χ2v) is 5.42. The van der Waals surface area contributed by atoms with Gasteiger partial charge in [-0.15, -0.1) is 11.3 Å². The molecule has 3 rings (SSSR count). The minimum atomic E-state index is 0.763. The Hall–Kier alpha value is -1.88. The van der Waals surface area contributed by atoms with Crippen molar-refractivity contribution in [3.05, 3.63) is 41.2 Å². The van der Waals surface area contributed by atoms with Gasteiger partial charge in [0.25, 0.3) is 0 Å². The Morgan fingerprint density at radius 1 is 1.37 bits per heavy atom. The van der Waals surface area contributed by atoms with Gasteiger partial charge in [-0.1, -0.05) is 6.92 Å². The lowest BCUT2D eigenvalue weighted by molar-refractivity contribution is 0.746. The predicted octanol–water partition coefficient (Wildman–Crippen LogP) is 3.20. The summed E-state index contributed by atoms with van der Waals surface area (Å²) in [6.07, 6.45) is 4.87. The first-order valence-electron chi connectivity index (χ1n) is 6.35. The molecule has 0 fully saturated rings. The number of anilines is 1. The number of rotatable bonds is 4. The Kier molecular flexibility index (Phi) is 3.21. The topological polar surface area (TPSA) is 42.7 Å². The normalized spacial score (nSPS) is 11.1. The van der Waals surface area contributed by atoms with Crippen LogP contribution in [0.5, 0.6) is 0 Å². The van der Waals surface area contributed by atoms with Crippen LogP contribution in [0.2, 0.25) is 0 Å².